The van der Waals surface area contributed by atoms with Crippen LogP contribution in [-0.4, -0.2) is 38.1 Å². The molecule has 0 fully saturated rings. The number of nitrogens with zero attached hydrogens (tertiary/aromatic N) is 1. The minimum absolute atomic E-state index is 0.108. The predicted octanol–water partition coefficient (Wildman–Crippen LogP) is 2.41. The van der Waals surface area contributed by atoms with Crippen molar-refractivity contribution in [3.05, 3.63) is 29.3 Å². The van der Waals surface area contributed by atoms with Crippen LogP contribution in [0.25, 0.3) is 0 Å². The van der Waals surface area contributed by atoms with E-state index in [-0.39, 0.29) is 6.03 Å². The van der Waals surface area contributed by atoms with Gasteiger partial charge in [-0.15, -0.1) is 0 Å². The molecule has 0 unspecified atom stereocenters. The maximum absolute atomic E-state index is 11.8. The molecule has 5 heteroatoms. The van der Waals surface area contributed by atoms with Crippen molar-refractivity contribution >= 4 is 23.3 Å². The molecule has 17 heavy (non-hydrogen) atoms. The van der Waals surface area contributed by atoms with E-state index in [0.29, 0.717) is 5.02 Å². The van der Waals surface area contributed by atoms with E-state index in [4.69, 9.17) is 11.6 Å². The molecule has 1 rings (SSSR count). The van der Waals surface area contributed by atoms with Gasteiger partial charge in [0.25, 0.3) is 0 Å². The van der Waals surface area contributed by atoms with Crippen LogP contribution in [0.2, 0.25) is 5.02 Å². The molecule has 0 spiro atoms. The number of benzene rings is 1. The average molecular weight is 256 g/mol. The highest BCUT2D eigenvalue weighted by Gasteiger charge is 2.07. The number of amides is 2. The van der Waals surface area contributed by atoms with E-state index < -0.39 is 0 Å². The summed E-state index contributed by atoms with van der Waals surface area (Å²) in [5, 5.41) is 6.51. The Morgan fingerprint density at radius 1 is 1.35 bits per heavy atom. The minimum Gasteiger partial charge on any atom is -0.328 e. The second-order valence-corrected chi connectivity index (χ2v) is 4.25. The van der Waals surface area contributed by atoms with Crippen molar-refractivity contribution in [3.63, 3.8) is 0 Å². The van der Waals surface area contributed by atoms with Gasteiger partial charge in [0.05, 0.1) is 0 Å². The molecule has 0 aliphatic heterocycles. The molecule has 94 valence electrons. The van der Waals surface area contributed by atoms with E-state index >= 15 is 0 Å². The monoisotopic (exact) mass is 255 g/mol. The van der Waals surface area contributed by atoms with Crippen LogP contribution in [0.4, 0.5) is 10.5 Å². The number of carbonyl (C=O) groups excluding carboxylic acids is 1. The fourth-order valence-corrected chi connectivity index (χ4v) is 1.47. The summed E-state index contributed by atoms with van der Waals surface area (Å²) < 4.78 is 0. The largest absolute Gasteiger partial charge is 0.328 e. The van der Waals surface area contributed by atoms with Gasteiger partial charge in [-0.3, -0.25) is 0 Å². The van der Waals surface area contributed by atoms with Crippen molar-refractivity contribution in [1.82, 2.24) is 10.2 Å². The van der Waals surface area contributed by atoms with Crippen molar-refractivity contribution in [2.75, 3.05) is 32.5 Å². The number of hydrogen-bond acceptors (Lipinski definition) is 2. The Morgan fingerprint density at radius 3 is 2.59 bits per heavy atom. The lowest BCUT2D eigenvalue weighted by atomic mass is 10.3. The first-order chi connectivity index (χ1) is 8.13. The summed E-state index contributed by atoms with van der Waals surface area (Å²) in [7, 11) is 3.68. The zero-order chi connectivity index (χ0) is 12.7. The minimum atomic E-state index is -0.108. The van der Waals surface area contributed by atoms with Gasteiger partial charge in [-0.2, -0.15) is 0 Å². The van der Waals surface area contributed by atoms with E-state index in [2.05, 4.69) is 10.6 Å². The standard InChI is InChI=1S/C12H18ClN3O/c1-14-8-3-9-16(2)12(17)15-11-6-4-10(13)5-7-11/h4-7,14H,3,8-9H2,1-2H3,(H,15,17). The van der Waals surface area contributed by atoms with Crippen LogP contribution in [-0.2, 0) is 0 Å². The Kier molecular flexibility index (Phi) is 5.80. The lowest BCUT2D eigenvalue weighted by Crippen LogP contribution is -2.33. The highest BCUT2D eigenvalue weighted by atomic mass is 35.5. The van der Waals surface area contributed by atoms with E-state index in [0.717, 1.165) is 25.2 Å². The Hall–Kier alpha value is -1.26. The summed E-state index contributed by atoms with van der Waals surface area (Å²) in [6.45, 7) is 1.62. The maximum Gasteiger partial charge on any atom is 0.321 e. The zero-order valence-corrected chi connectivity index (χ0v) is 10.9. The number of rotatable bonds is 5. The van der Waals surface area contributed by atoms with Crippen LogP contribution in [0.15, 0.2) is 24.3 Å². The molecule has 2 N–H and O–H groups in total. The number of hydrogen-bond donors (Lipinski definition) is 2. The molecule has 0 heterocycles. The first-order valence-electron chi connectivity index (χ1n) is 5.56. The Labute approximate surface area is 107 Å². The van der Waals surface area contributed by atoms with Gasteiger partial charge in [-0.05, 0) is 44.3 Å². The summed E-state index contributed by atoms with van der Waals surface area (Å²) in [5.41, 5.74) is 0.750. The second-order valence-electron chi connectivity index (χ2n) is 3.82. The first-order valence-corrected chi connectivity index (χ1v) is 5.93. The van der Waals surface area contributed by atoms with Crippen molar-refractivity contribution in [2.45, 2.75) is 6.42 Å². The van der Waals surface area contributed by atoms with Crippen LogP contribution in [0.5, 0.6) is 0 Å². The van der Waals surface area contributed by atoms with Gasteiger partial charge in [0, 0.05) is 24.3 Å². The SMILES string of the molecule is CNCCCN(C)C(=O)Nc1ccc(Cl)cc1. The van der Waals surface area contributed by atoms with Gasteiger partial charge >= 0.3 is 6.03 Å². The zero-order valence-electron chi connectivity index (χ0n) is 10.2. The van der Waals surface area contributed by atoms with Gasteiger partial charge in [0.2, 0.25) is 0 Å². The molecular formula is C12H18ClN3O. The number of nitrogens with one attached hydrogen (secondary N) is 2. The molecule has 0 aliphatic carbocycles. The summed E-state index contributed by atoms with van der Waals surface area (Å²) in [5.74, 6) is 0. The lowest BCUT2D eigenvalue weighted by Gasteiger charge is -2.17. The second kappa shape index (κ2) is 7.14. The van der Waals surface area contributed by atoms with E-state index in [1.807, 2.05) is 7.05 Å². The number of anilines is 1. The molecule has 0 aliphatic rings. The summed E-state index contributed by atoms with van der Waals surface area (Å²) in [4.78, 5) is 13.4. The van der Waals surface area contributed by atoms with E-state index in [1.165, 1.54) is 0 Å². The van der Waals surface area contributed by atoms with Gasteiger partial charge in [-0.25, -0.2) is 4.79 Å². The first kappa shape index (κ1) is 13.8. The van der Waals surface area contributed by atoms with Crippen LogP contribution < -0.4 is 10.6 Å². The normalized spacial score (nSPS) is 10.1. The smallest absolute Gasteiger partial charge is 0.321 e. The van der Waals surface area contributed by atoms with Crippen LogP contribution in [0.3, 0.4) is 0 Å². The van der Waals surface area contributed by atoms with Gasteiger partial charge < -0.3 is 15.5 Å². The Bertz CT molecular complexity index is 353. The highest BCUT2D eigenvalue weighted by Crippen LogP contribution is 2.13. The van der Waals surface area contributed by atoms with Crippen molar-refractivity contribution in [2.24, 2.45) is 0 Å². The molecule has 1 aromatic rings. The van der Waals surface area contributed by atoms with Crippen LogP contribution in [0.1, 0.15) is 6.42 Å². The third kappa shape index (κ3) is 5.06. The number of urea groups is 1. The third-order valence-corrected chi connectivity index (χ3v) is 2.61. The topological polar surface area (TPSA) is 44.4 Å². The molecule has 0 saturated heterocycles. The predicted molar refractivity (Wildman–Crippen MR) is 71.6 cm³/mol. The maximum atomic E-state index is 11.8. The third-order valence-electron chi connectivity index (χ3n) is 2.36. The average Bonchev–Trinajstić information content (AvgIpc) is 2.32. The molecule has 4 nitrogen and oxygen atoms in total. The summed E-state index contributed by atoms with van der Waals surface area (Å²) in [6.07, 6.45) is 0.932. The fourth-order valence-electron chi connectivity index (χ4n) is 1.35. The quantitative estimate of drug-likeness (QED) is 0.794. The highest BCUT2D eigenvalue weighted by molar-refractivity contribution is 6.30. The molecule has 0 saturated carbocycles. The molecule has 0 aromatic heterocycles. The van der Waals surface area contributed by atoms with Crippen molar-refractivity contribution < 1.29 is 4.79 Å². The summed E-state index contributed by atoms with van der Waals surface area (Å²) in [6, 6.07) is 6.95. The van der Waals surface area contributed by atoms with Crippen LogP contribution in [0, 0.1) is 0 Å². The number of carbonyl (C=O) groups is 1. The van der Waals surface area contributed by atoms with E-state index in [9.17, 15) is 4.79 Å². The van der Waals surface area contributed by atoms with Crippen molar-refractivity contribution in [1.29, 1.82) is 0 Å². The molecule has 0 atom stereocenters. The summed E-state index contributed by atoms with van der Waals surface area (Å²) >= 11 is 5.77. The molecular weight excluding hydrogens is 238 g/mol. The molecule has 0 bridgehead atoms. The Morgan fingerprint density at radius 2 is 2.00 bits per heavy atom. The fraction of sp³-hybridized carbons (Fsp3) is 0.417. The van der Waals surface area contributed by atoms with Crippen molar-refractivity contribution in [3.8, 4) is 0 Å². The van der Waals surface area contributed by atoms with Gasteiger partial charge in [0.15, 0.2) is 0 Å². The molecule has 0 radical (unpaired) electrons. The lowest BCUT2D eigenvalue weighted by molar-refractivity contribution is 0.222. The van der Waals surface area contributed by atoms with E-state index in [1.54, 1.807) is 36.2 Å². The molecule has 2 amide bonds. The Balaban J connectivity index is 2.40. The van der Waals surface area contributed by atoms with Crippen LogP contribution >= 0.6 is 11.6 Å². The molecule has 1 aromatic carbocycles. The van der Waals surface area contributed by atoms with Gasteiger partial charge in [0.1, 0.15) is 0 Å². The van der Waals surface area contributed by atoms with Gasteiger partial charge in [-0.1, -0.05) is 11.6 Å². The number of halogens is 1.